The Morgan fingerprint density at radius 1 is 1.09 bits per heavy atom. The minimum atomic E-state index is -1.02. The monoisotopic (exact) mass is 297 g/mol. The molecule has 1 aliphatic carbocycles. The van der Waals surface area contributed by atoms with Gasteiger partial charge < -0.3 is 5.11 Å². The third-order valence-corrected chi connectivity index (χ3v) is 4.78. The van der Waals surface area contributed by atoms with Crippen molar-refractivity contribution in [3.63, 3.8) is 0 Å². The number of nitro groups is 1. The van der Waals surface area contributed by atoms with Crippen LogP contribution in [0.25, 0.3) is 0 Å². The van der Waals surface area contributed by atoms with Gasteiger partial charge >= 0.3 is 5.97 Å². The third kappa shape index (κ3) is 1.82. The number of rotatable bonds is 4. The van der Waals surface area contributed by atoms with Gasteiger partial charge in [0, 0.05) is 17.5 Å². The second-order valence-corrected chi connectivity index (χ2v) is 5.89. The van der Waals surface area contributed by atoms with Crippen molar-refractivity contribution >= 4 is 11.7 Å². The average Bonchev–Trinajstić information content (AvgIpc) is 3.17. The Hall–Kier alpha value is -2.69. The van der Waals surface area contributed by atoms with Crippen LogP contribution in [0, 0.1) is 10.1 Å². The molecule has 0 spiro atoms. The van der Waals surface area contributed by atoms with E-state index in [4.69, 9.17) is 0 Å². The molecule has 2 aromatic rings. The minimum absolute atomic E-state index is 0.0358. The SMILES string of the molecule is CC1(c2ccccc2)CC1(C(=O)O)c1ccc([N+](=O)[O-])cc1. The third-order valence-electron chi connectivity index (χ3n) is 4.78. The van der Waals surface area contributed by atoms with Crippen LogP contribution < -0.4 is 0 Å². The van der Waals surface area contributed by atoms with E-state index in [1.807, 2.05) is 37.3 Å². The number of carboxylic acids is 1. The number of nitro benzene ring substituents is 1. The first kappa shape index (κ1) is 14.3. The molecule has 112 valence electrons. The molecule has 1 fully saturated rings. The summed E-state index contributed by atoms with van der Waals surface area (Å²) in [4.78, 5) is 22.2. The summed E-state index contributed by atoms with van der Waals surface area (Å²) in [6.07, 6.45) is 0.483. The van der Waals surface area contributed by atoms with Gasteiger partial charge in [-0.2, -0.15) is 0 Å². The van der Waals surface area contributed by atoms with Crippen molar-refractivity contribution in [1.82, 2.24) is 0 Å². The van der Waals surface area contributed by atoms with Gasteiger partial charge in [-0.3, -0.25) is 14.9 Å². The van der Waals surface area contributed by atoms with Gasteiger partial charge in [-0.25, -0.2) is 0 Å². The number of carboxylic acid groups (broad SMARTS) is 1. The fourth-order valence-electron chi connectivity index (χ4n) is 3.36. The number of non-ortho nitro benzene ring substituents is 1. The lowest BCUT2D eigenvalue weighted by molar-refractivity contribution is -0.384. The molecule has 1 aliphatic rings. The number of nitrogens with zero attached hydrogens (tertiary/aromatic N) is 1. The van der Waals surface area contributed by atoms with Gasteiger partial charge in [-0.05, 0) is 17.5 Å². The van der Waals surface area contributed by atoms with Crippen molar-refractivity contribution in [2.75, 3.05) is 0 Å². The molecule has 0 aromatic heterocycles. The standard InChI is InChI=1S/C17H15NO4/c1-16(12-5-3-2-4-6-12)11-17(16,15(19)20)13-7-9-14(10-8-13)18(21)22/h2-10H,11H2,1H3,(H,19,20). The van der Waals surface area contributed by atoms with Gasteiger partial charge in [0.25, 0.3) is 5.69 Å². The minimum Gasteiger partial charge on any atom is -0.481 e. The molecule has 3 rings (SSSR count). The van der Waals surface area contributed by atoms with Crippen LogP contribution in [0.15, 0.2) is 54.6 Å². The molecular weight excluding hydrogens is 282 g/mol. The number of aliphatic carboxylic acids is 1. The number of carbonyl (C=O) groups is 1. The molecule has 1 N–H and O–H groups in total. The fourth-order valence-corrected chi connectivity index (χ4v) is 3.36. The van der Waals surface area contributed by atoms with Crippen LogP contribution in [-0.4, -0.2) is 16.0 Å². The Morgan fingerprint density at radius 2 is 1.68 bits per heavy atom. The highest BCUT2D eigenvalue weighted by molar-refractivity contribution is 5.89. The van der Waals surface area contributed by atoms with E-state index in [1.54, 1.807) is 12.1 Å². The van der Waals surface area contributed by atoms with Crippen LogP contribution >= 0.6 is 0 Å². The van der Waals surface area contributed by atoms with Crippen molar-refractivity contribution in [2.24, 2.45) is 0 Å². The summed E-state index contributed by atoms with van der Waals surface area (Å²) in [7, 11) is 0. The molecular formula is C17H15NO4. The average molecular weight is 297 g/mol. The molecule has 1 saturated carbocycles. The van der Waals surface area contributed by atoms with Crippen LogP contribution in [0.5, 0.6) is 0 Å². The highest BCUT2D eigenvalue weighted by Crippen LogP contribution is 2.65. The summed E-state index contributed by atoms with van der Waals surface area (Å²) in [5.41, 5.74) is 0.0127. The molecule has 5 nitrogen and oxygen atoms in total. The van der Waals surface area contributed by atoms with E-state index in [-0.39, 0.29) is 5.69 Å². The summed E-state index contributed by atoms with van der Waals surface area (Å²) in [5.74, 6) is -0.896. The largest absolute Gasteiger partial charge is 0.481 e. The Kier molecular flexibility index (Phi) is 3.02. The van der Waals surface area contributed by atoms with Crippen molar-refractivity contribution in [3.05, 3.63) is 75.8 Å². The van der Waals surface area contributed by atoms with E-state index < -0.39 is 21.7 Å². The zero-order chi connectivity index (χ0) is 16.0. The molecule has 2 unspecified atom stereocenters. The van der Waals surface area contributed by atoms with Gasteiger partial charge in [0.05, 0.1) is 4.92 Å². The van der Waals surface area contributed by atoms with E-state index in [0.29, 0.717) is 12.0 Å². The summed E-state index contributed by atoms with van der Waals surface area (Å²) >= 11 is 0. The van der Waals surface area contributed by atoms with Gasteiger partial charge in [0.15, 0.2) is 0 Å². The summed E-state index contributed by atoms with van der Waals surface area (Å²) in [6.45, 7) is 1.93. The lowest BCUT2D eigenvalue weighted by Gasteiger charge is -2.20. The van der Waals surface area contributed by atoms with Gasteiger partial charge in [0.1, 0.15) is 5.41 Å². The predicted molar refractivity (Wildman–Crippen MR) is 80.8 cm³/mol. The number of benzene rings is 2. The van der Waals surface area contributed by atoms with Crippen molar-refractivity contribution in [1.29, 1.82) is 0 Å². The second kappa shape index (κ2) is 4.66. The number of hydrogen-bond donors (Lipinski definition) is 1. The topological polar surface area (TPSA) is 80.4 Å². The predicted octanol–water partition coefficient (Wildman–Crippen LogP) is 3.28. The van der Waals surface area contributed by atoms with Crippen molar-refractivity contribution in [2.45, 2.75) is 24.2 Å². The van der Waals surface area contributed by atoms with E-state index >= 15 is 0 Å². The molecule has 0 bridgehead atoms. The lowest BCUT2D eigenvalue weighted by atomic mass is 9.82. The maximum Gasteiger partial charge on any atom is 0.315 e. The number of hydrogen-bond acceptors (Lipinski definition) is 3. The fraction of sp³-hybridized carbons (Fsp3) is 0.235. The quantitative estimate of drug-likeness (QED) is 0.693. The van der Waals surface area contributed by atoms with E-state index in [2.05, 4.69) is 0 Å². The summed E-state index contributed by atoms with van der Waals surface area (Å²) < 4.78 is 0. The molecule has 0 heterocycles. The normalized spacial score (nSPS) is 26.4. The Labute approximate surface area is 127 Å². The Balaban J connectivity index is 2.06. The van der Waals surface area contributed by atoms with Crippen LogP contribution in [0.2, 0.25) is 0 Å². The molecule has 2 aromatic carbocycles. The summed E-state index contributed by atoms with van der Waals surface area (Å²) in [6, 6.07) is 15.4. The molecule has 0 radical (unpaired) electrons. The molecule has 5 heteroatoms. The van der Waals surface area contributed by atoms with Gasteiger partial charge in [-0.15, -0.1) is 0 Å². The van der Waals surface area contributed by atoms with Crippen LogP contribution in [0.1, 0.15) is 24.5 Å². The van der Waals surface area contributed by atoms with E-state index in [9.17, 15) is 20.0 Å². The molecule has 0 amide bonds. The van der Waals surface area contributed by atoms with Crippen molar-refractivity contribution < 1.29 is 14.8 Å². The highest BCUT2D eigenvalue weighted by atomic mass is 16.6. The van der Waals surface area contributed by atoms with Crippen LogP contribution in [0.3, 0.4) is 0 Å². The van der Waals surface area contributed by atoms with E-state index in [1.165, 1.54) is 12.1 Å². The maximum atomic E-state index is 12.0. The molecule has 2 atom stereocenters. The molecule has 22 heavy (non-hydrogen) atoms. The Morgan fingerprint density at radius 3 is 2.18 bits per heavy atom. The van der Waals surface area contributed by atoms with E-state index in [0.717, 1.165) is 5.56 Å². The van der Waals surface area contributed by atoms with Crippen molar-refractivity contribution in [3.8, 4) is 0 Å². The Bertz CT molecular complexity index is 741. The smallest absolute Gasteiger partial charge is 0.315 e. The lowest BCUT2D eigenvalue weighted by Crippen LogP contribution is -2.28. The zero-order valence-corrected chi connectivity index (χ0v) is 12.0. The van der Waals surface area contributed by atoms with Gasteiger partial charge in [0.2, 0.25) is 0 Å². The first-order valence-electron chi connectivity index (χ1n) is 6.96. The van der Waals surface area contributed by atoms with Crippen LogP contribution in [-0.2, 0) is 15.6 Å². The molecule has 0 aliphatic heterocycles. The first-order chi connectivity index (χ1) is 10.4. The van der Waals surface area contributed by atoms with Gasteiger partial charge in [-0.1, -0.05) is 49.4 Å². The second-order valence-electron chi connectivity index (χ2n) is 5.89. The summed E-state index contributed by atoms with van der Waals surface area (Å²) in [5, 5.41) is 20.5. The first-order valence-corrected chi connectivity index (χ1v) is 6.96. The molecule has 0 saturated heterocycles. The maximum absolute atomic E-state index is 12.0. The zero-order valence-electron chi connectivity index (χ0n) is 12.0. The van der Waals surface area contributed by atoms with Crippen LogP contribution in [0.4, 0.5) is 5.69 Å². The highest BCUT2D eigenvalue weighted by Gasteiger charge is 2.71.